The lowest BCUT2D eigenvalue weighted by molar-refractivity contribution is -0.129. The van der Waals surface area contributed by atoms with Gasteiger partial charge in [-0.3, -0.25) is 20.4 Å². The van der Waals surface area contributed by atoms with Gasteiger partial charge in [0.25, 0.3) is 5.91 Å². The molecule has 2 N–H and O–H groups in total. The fourth-order valence-corrected chi connectivity index (χ4v) is 2.66. The van der Waals surface area contributed by atoms with Crippen molar-refractivity contribution in [2.45, 2.75) is 6.92 Å². The summed E-state index contributed by atoms with van der Waals surface area (Å²) in [5.41, 5.74) is 6.55. The fraction of sp³-hybridized carbons (Fsp3) is 0.143. The summed E-state index contributed by atoms with van der Waals surface area (Å²) in [5.74, 6) is -1.05. The zero-order chi connectivity index (χ0) is 20.8. The quantitative estimate of drug-likeness (QED) is 0.509. The minimum atomic E-state index is -0.670. The zero-order valence-corrected chi connectivity index (χ0v) is 15.9. The average molecular weight is 393 g/mol. The van der Waals surface area contributed by atoms with Gasteiger partial charge in [0.15, 0.2) is 6.61 Å². The second-order valence-electron chi connectivity index (χ2n) is 6.11. The number of carbonyl (C=O) groups excluding carboxylic acids is 3. The Kier molecular flexibility index (Phi) is 6.03. The van der Waals surface area contributed by atoms with Gasteiger partial charge in [0, 0.05) is 17.9 Å². The van der Waals surface area contributed by atoms with E-state index in [1.54, 1.807) is 43.5 Å². The van der Waals surface area contributed by atoms with E-state index in [1.165, 1.54) is 6.92 Å². The molecular weight excluding hydrogens is 374 g/mol. The number of methoxy groups -OCH3 is 1. The number of amides is 2. The molecule has 0 aliphatic carbocycles. The Morgan fingerprint density at radius 2 is 1.72 bits per heavy atom. The van der Waals surface area contributed by atoms with E-state index >= 15 is 0 Å². The number of nitrogens with one attached hydrogen (secondary N) is 2. The zero-order valence-electron chi connectivity index (χ0n) is 15.9. The number of ether oxygens (including phenoxy) is 2. The molecule has 0 fully saturated rings. The molecule has 8 nitrogen and oxygen atoms in total. The highest BCUT2D eigenvalue weighted by molar-refractivity contribution is 6.05. The van der Waals surface area contributed by atoms with E-state index in [0.717, 1.165) is 5.56 Å². The highest BCUT2D eigenvalue weighted by Crippen LogP contribution is 2.26. The lowest BCUT2D eigenvalue weighted by Crippen LogP contribution is -2.42. The maximum atomic E-state index is 12.6. The number of nitrogens with zero attached hydrogens (tertiary/aromatic N) is 1. The number of rotatable bonds is 5. The molecule has 0 aliphatic heterocycles. The average Bonchev–Trinajstić information content (AvgIpc) is 2.75. The maximum absolute atomic E-state index is 12.6. The van der Waals surface area contributed by atoms with Gasteiger partial charge >= 0.3 is 5.97 Å². The first-order valence-corrected chi connectivity index (χ1v) is 8.74. The molecule has 1 aromatic heterocycles. The van der Waals surface area contributed by atoms with Crippen LogP contribution in [0.25, 0.3) is 22.2 Å². The minimum Gasteiger partial charge on any atom is -0.497 e. The summed E-state index contributed by atoms with van der Waals surface area (Å²) in [5, 5.41) is 0.608. The second kappa shape index (κ2) is 8.83. The van der Waals surface area contributed by atoms with Gasteiger partial charge in [-0.1, -0.05) is 18.2 Å². The van der Waals surface area contributed by atoms with E-state index in [0.29, 0.717) is 22.3 Å². The number of para-hydroxylation sites is 1. The topological polar surface area (TPSA) is 107 Å². The van der Waals surface area contributed by atoms with Crippen molar-refractivity contribution >= 4 is 28.7 Å². The molecule has 0 saturated heterocycles. The van der Waals surface area contributed by atoms with Gasteiger partial charge in [-0.15, -0.1) is 0 Å². The monoisotopic (exact) mass is 393 g/mol. The van der Waals surface area contributed by atoms with Gasteiger partial charge in [0.2, 0.25) is 5.91 Å². The van der Waals surface area contributed by atoms with E-state index in [9.17, 15) is 14.4 Å². The Balaban J connectivity index is 1.88. The molecule has 2 amide bonds. The van der Waals surface area contributed by atoms with Gasteiger partial charge in [-0.25, -0.2) is 9.78 Å². The van der Waals surface area contributed by atoms with Crippen LogP contribution in [0.1, 0.15) is 17.3 Å². The highest BCUT2D eigenvalue weighted by Gasteiger charge is 2.16. The van der Waals surface area contributed by atoms with Crippen LogP contribution >= 0.6 is 0 Å². The van der Waals surface area contributed by atoms with Crippen LogP contribution in [0.4, 0.5) is 0 Å². The summed E-state index contributed by atoms with van der Waals surface area (Å²) in [6.45, 7) is 0.712. The van der Waals surface area contributed by atoms with Gasteiger partial charge in [0.05, 0.1) is 23.9 Å². The SMILES string of the molecule is COc1ccc(-c2cc(C(=O)OCC(=O)NNC(C)=O)c3ccccc3n2)cc1. The Bertz CT molecular complexity index is 1060. The Hall–Kier alpha value is -3.94. The standard InChI is InChI=1S/C21H19N3O5/c1-13(25)23-24-20(26)12-29-21(27)17-11-19(14-7-9-15(28-2)10-8-14)22-18-6-4-3-5-16(17)18/h3-11H,12H2,1-2H3,(H,23,25)(H,24,26). The van der Waals surface area contributed by atoms with Gasteiger partial charge < -0.3 is 9.47 Å². The van der Waals surface area contributed by atoms with Crippen molar-refractivity contribution in [2.75, 3.05) is 13.7 Å². The van der Waals surface area contributed by atoms with Crippen molar-refractivity contribution < 1.29 is 23.9 Å². The molecule has 0 saturated carbocycles. The molecule has 0 atom stereocenters. The molecule has 0 bridgehead atoms. The molecule has 3 rings (SSSR count). The van der Waals surface area contributed by atoms with E-state index in [1.807, 2.05) is 18.2 Å². The molecule has 2 aromatic carbocycles. The van der Waals surface area contributed by atoms with Crippen molar-refractivity contribution in [3.63, 3.8) is 0 Å². The number of hydrogen-bond donors (Lipinski definition) is 2. The van der Waals surface area contributed by atoms with Crippen molar-refractivity contribution in [2.24, 2.45) is 0 Å². The Morgan fingerprint density at radius 3 is 2.41 bits per heavy atom. The van der Waals surface area contributed by atoms with Crippen molar-refractivity contribution in [1.29, 1.82) is 0 Å². The van der Waals surface area contributed by atoms with Gasteiger partial charge in [-0.05, 0) is 36.4 Å². The van der Waals surface area contributed by atoms with Crippen molar-refractivity contribution in [3.8, 4) is 17.0 Å². The molecule has 148 valence electrons. The first kappa shape index (κ1) is 19.8. The smallest absolute Gasteiger partial charge is 0.339 e. The van der Waals surface area contributed by atoms with Crippen LogP contribution in [-0.2, 0) is 14.3 Å². The molecule has 0 spiro atoms. The summed E-state index contributed by atoms with van der Waals surface area (Å²) >= 11 is 0. The summed E-state index contributed by atoms with van der Waals surface area (Å²) in [6, 6.07) is 16.1. The Labute approximate surface area is 166 Å². The van der Waals surface area contributed by atoms with Crippen molar-refractivity contribution in [3.05, 3.63) is 60.2 Å². The largest absolute Gasteiger partial charge is 0.497 e. The molecule has 3 aromatic rings. The molecule has 8 heteroatoms. The first-order chi connectivity index (χ1) is 14.0. The fourth-order valence-electron chi connectivity index (χ4n) is 2.66. The number of hydrazine groups is 1. The molecule has 0 unspecified atom stereocenters. The van der Waals surface area contributed by atoms with Crippen LogP contribution in [-0.4, -0.2) is 36.5 Å². The van der Waals surface area contributed by atoms with Crippen LogP contribution in [0.15, 0.2) is 54.6 Å². The van der Waals surface area contributed by atoms with E-state index in [4.69, 9.17) is 9.47 Å². The molecule has 1 heterocycles. The van der Waals surface area contributed by atoms with Crippen LogP contribution < -0.4 is 15.6 Å². The summed E-state index contributed by atoms with van der Waals surface area (Å²) in [7, 11) is 1.58. The number of fused-ring (bicyclic) bond motifs is 1. The summed E-state index contributed by atoms with van der Waals surface area (Å²) in [6.07, 6.45) is 0. The lowest BCUT2D eigenvalue weighted by atomic mass is 10.0. The first-order valence-electron chi connectivity index (χ1n) is 8.74. The highest BCUT2D eigenvalue weighted by atomic mass is 16.5. The third kappa shape index (κ3) is 4.86. The van der Waals surface area contributed by atoms with Crippen LogP contribution in [0.3, 0.4) is 0 Å². The third-order valence-electron chi connectivity index (χ3n) is 4.03. The number of esters is 1. The van der Waals surface area contributed by atoms with E-state index in [2.05, 4.69) is 15.8 Å². The molecule has 29 heavy (non-hydrogen) atoms. The summed E-state index contributed by atoms with van der Waals surface area (Å²) < 4.78 is 10.3. The second-order valence-corrected chi connectivity index (χ2v) is 6.11. The normalized spacial score (nSPS) is 10.3. The summed E-state index contributed by atoms with van der Waals surface area (Å²) in [4.78, 5) is 39.7. The molecule has 0 aliphatic rings. The number of aromatic nitrogens is 1. The van der Waals surface area contributed by atoms with Crippen LogP contribution in [0.2, 0.25) is 0 Å². The number of benzene rings is 2. The number of hydrogen-bond acceptors (Lipinski definition) is 6. The van der Waals surface area contributed by atoms with E-state index < -0.39 is 24.4 Å². The van der Waals surface area contributed by atoms with Crippen LogP contribution in [0, 0.1) is 0 Å². The number of carbonyl (C=O) groups is 3. The third-order valence-corrected chi connectivity index (χ3v) is 4.03. The minimum absolute atomic E-state index is 0.286. The molecular formula is C21H19N3O5. The predicted molar refractivity (Wildman–Crippen MR) is 106 cm³/mol. The molecule has 0 radical (unpaired) electrons. The Morgan fingerprint density at radius 1 is 1.00 bits per heavy atom. The maximum Gasteiger partial charge on any atom is 0.339 e. The van der Waals surface area contributed by atoms with Crippen LogP contribution in [0.5, 0.6) is 5.75 Å². The lowest BCUT2D eigenvalue weighted by Gasteiger charge is -2.11. The van der Waals surface area contributed by atoms with Gasteiger partial charge in [-0.2, -0.15) is 0 Å². The van der Waals surface area contributed by atoms with E-state index in [-0.39, 0.29) is 5.56 Å². The van der Waals surface area contributed by atoms with Crippen molar-refractivity contribution in [1.82, 2.24) is 15.8 Å². The predicted octanol–water partition coefficient (Wildman–Crippen LogP) is 2.23. The number of pyridine rings is 1. The van der Waals surface area contributed by atoms with Gasteiger partial charge in [0.1, 0.15) is 5.75 Å².